The van der Waals surface area contributed by atoms with Gasteiger partial charge in [0.15, 0.2) is 0 Å². The Morgan fingerprint density at radius 3 is 2.27 bits per heavy atom. The maximum absolute atomic E-state index is 12.9. The summed E-state index contributed by atoms with van der Waals surface area (Å²) in [5, 5.41) is -0.228. The van der Waals surface area contributed by atoms with Crippen LogP contribution in [0.15, 0.2) is 18.2 Å². The second-order valence-corrected chi connectivity index (χ2v) is 4.12. The quantitative estimate of drug-likeness (QED) is 0.673. The van der Waals surface area contributed by atoms with E-state index < -0.39 is 35.5 Å². The number of aromatic amines is 1. The number of methoxy groups -OCH3 is 1. The summed E-state index contributed by atoms with van der Waals surface area (Å²) < 4.78 is 82.9. The van der Waals surface area contributed by atoms with Crippen LogP contribution in [0.3, 0.4) is 0 Å². The van der Waals surface area contributed by atoms with Crippen LogP contribution < -0.4 is 4.74 Å². The lowest BCUT2D eigenvalue weighted by atomic mass is 10.1. The Morgan fingerprint density at radius 2 is 1.77 bits per heavy atom. The highest BCUT2D eigenvalue weighted by Crippen LogP contribution is 2.37. The van der Waals surface area contributed by atoms with Gasteiger partial charge in [0.2, 0.25) is 0 Å². The van der Waals surface area contributed by atoms with Gasteiger partial charge >= 0.3 is 18.5 Å². The molecule has 2 aromatic rings. The molecule has 0 aliphatic rings. The SMILES string of the molecule is COC(=O)c1c(C(F)(F)F)[nH]c2cc(OC(F)(F)F)ccc12. The van der Waals surface area contributed by atoms with Crippen molar-refractivity contribution in [2.24, 2.45) is 0 Å². The normalized spacial score (nSPS) is 12.5. The molecule has 1 aromatic heterocycles. The summed E-state index contributed by atoms with van der Waals surface area (Å²) in [5.74, 6) is -1.98. The summed E-state index contributed by atoms with van der Waals surface area (Å²) in [6, 6.07) is 2.43. The van der Waals surface area contributed by atoms with E-state index in [1.165, 1.54) is 0 Å². The molecule has 1 N–H and O–H groups in total. The Balaban J connectivity index is 2.63. The highest BCUT2D eigenvalue weighted by atomic mass is 19.4. The van der Waals surface area contributed by atoms with Crippen molar-refractivity contribution in [2.75, 3.05) is 7.11 Å². The van der Waals surface area contributed by atoms with Gasteiger partial charge in [-0.1, -0.05) is 0 Å². The van der Waals surface area contributed by atoms with Gasteiger partial charge in [-0.3, -0.25) is 0 Å². The molecule has 4 nitrogen and oxygen atoms in total. The summed E-state index contributed by atoms with van der Waals surface area (Å²) in [5.41, 5.74) is -2.54. The van der Waals surface area contributed by atoms with E-state index >= 15 is 0 Å². The number of halogens is 6. The number of carbonyl (C=O) groups is 1. The first kappa shape index (κ1) is 16.0. The van der Waals surface area contributed by atoms with Crippen molar-refractivity contribution in [1.82, 2.24) is 4.98 Å². The number of esters is 1. The second-order valence-electron chi connectivity index (χ2n) is 4.12. The first-order valence-electron chi connectivity index (χ1n) is 5.60. The molecule has 0 atom stereocenters. The summed E-state index contributed by atoms with van der Waals surface area (Å²) in [6.07, 6.45) is -9.90. The van der Waals surface area contributed by atoms with Gasteiger partial charge < -0.3 is 14.5 Å². The van der Waals surface area contributed by atoms with Crippen LogP contribution in [0.1, 0.15) is 16.1 Å². The molecule has 0 aliphatic carbocycles. The lowest BCUT2D eigenvalue weighted by Crippen LogP contribution is -2.16. The third-order valence-corrected chi connectivity index (χ3v) is 2.68. The molecule has 0 amide bonds. The number of benzene rings is 1. The highest BCUT2D eigenvalue weighted by molar-refractivity contribution is 6.06. The average molecular weight is 327 g/mol. The molecule has 1 heterocycles. The van der Waals surface area contributed by atoms with E-state index in [1.807, 2.05) is 4.98 Å². The van der Waals surface area contributed by atoms with E-state index in [-0.39, 0.29) is 10.9 Å². The van der Waals surface area contributed by atoms with Crippen LogP contribution in [0.4, 0.5) is 26.3 Å². The summed E-state index contributed by atoms with van der Waals surface area (Å²) in [7, 11) is 0.891. The molecule has 0 saturated heterocycles. The zero-order valence-electron chi connectivity index (χ0n) is 10.7. The molecule has 2 rings (SSSR count). The molecule has 0 aliphatic heterocycles. The number of H-pyrrole nitrogens is 1. The van der Waals surface area contributed by atoms with Gasteiger partial charge in [0.25, 0.3) is 0 Å². The monoisotopic (exact) mass is 327 g/mol. The second kappa shape index (κ2) is 5.11. The lowest BCUT2D eigenvalue weighted by Gasteiger charge is -2.08. The van der Waals surface area contributed by atoms with Crippen LogP contribution in [0.2, 0.25) is 0 Å². The van der Waals surface area contributed by atoms with Crippen LogP contribution in [-0.2, 0) is 10.9 Å². The Kier molecular flexibility index (Phi) is 3.71. The highest BCUT2D eigenvalue weighted by Gasteiger charge is 2.39. The third kappa shape index (κ3) is 3.10. The lowest BCUT2D eigenvalue weighted by molar-refractivity contribution is -0.274. The first-order valence-corrected chi connectivity index (χ1v) is 5.60. The predicted octanol–water partition coefficient (Wildman–Crippen LogP) is 3.87. The fourth-order valence-electron chi connectivity index (χ4n) is 1.90. The van der Waals surface area contributed by atoms with Crippen LogP contribution >= 0.6 is 0 Å². The van der Waals surface area contributed by atoms with Gasteiger partial charge in [0.05, 0.1) is 18.2 Å². The molecule has 120 valence electrons. The molecule has 1 aromatic carbocycles. The number of nitrogens with one attached hydrogen (secondary N) is 1. The van der Waals surface area contributed by atoms with Gasteiger partial charge in [-0.25, -0.2) is 4.79 Å². The molecular formula is C12H7F6NO3. The molecule has 0 spiro atoms. The van der Waals surface area contributed by atoms with Gasteiger partial charge in [-0.15, -0.1) is 13.2 Å². The molecular weight excluding hydrogens is 320 g/mol. The van der Waals surface area contributed by atoms with E-state index in [1.54, 1.807) is 0 Å². The van der Waals surface area contributed by atoms with Gasteiger partial charge in [-0.2, -0.15) is 13.2 Å². The third-order valence-electron chi connectivity index (χ3n) is 2.68. The number of hydrogen-bond donors (Lipinski definition) is 1. The fraction of sp³-hybridized carbons (Fsp3) is 0.250. The van der Waals surface area contributed by atoms with Crippen LogP contribution in [0.5, 0.6) is 5.75 Å². The molecule has 0 bridgehead atoms. The van der Waals surface area contributed by atoms with E-state index in [0.717, 1.165) is 19.2 Å². The van der Waals surface area contributed by atoms with Crippen molar-refractivity contribution in [2.45, 2.75) is 12.5 Å². The van der Waals surface area contributed by atoms with Gasteiger partial charge in [0.1, 0.15) is 11.4 Å². The molecule has 10 heteroatoms. The van der Waals surface area contributed by atoms with Crippen molar-refractivity contribution in [3.63, 3.8) is 0 Å². The smallest absolute Gasteiger partial charge is 0.465 e. The maximum atomic E-state index is 12.9. The van der Waals surface area contributed by atoms with Crippen molar-refractivity contribution < 1.29 is 40.6 Å². The van der Waals surface area contributed by atoms with E-state index in [2.05, 4.69) is 9.47 Å². The number of ether oxygens (including phenoxy) is 2. The fourth-order valence-corrected chi connectivity index (χ4v) is 1.90. The number of rotatable bonds is 2. The van der Waals surface area contributed by atoms with Crippen LogP contribution in [0, 0.1) is 0 Å². The Labute approximate surface area is 118 Å². The van der Waals surface area contributed by atoms with E-state index in [4.69, 9.17) is 0 Å². The number of hydrogen-bond acceptors (Lipinski definition) is 3. The molecule has 0 saturated carbocycles. The van der Waals surface area contributed by atoms with Gasteiger partial charge in [0, 0.05) is 11.5 Å². The van der Waals surface area contributed by atoms with E-state index in [9.17, 15) is 31.1 Å². The van der Waals surface area contributed by atoms with Gasteiger partial charge in [-0.05, 0) is 12.1 Å². The summed E-state index contributed by atoms with van der Waals surface area (Å²) >= 11 is 0. The average Bonchev–Trinajstić information content (AvgIpc) is 2.74. The predicted molar refractivity (Wildman–Crippen MR) is 61.3 cm³/mol. The zero-order valence-corrected chi connectivity index (χ0v) is 10.7. The largest absolute Gasteiger partial charge is 0.573 e. The van der Waals surface area contributed by atoms with Crippen LogP contribution in [-0.4, -0.2) is 24.4 Å². The number of carbonyl (C=O) groups excluding carboxylic acids is 1. The zero-order chi connectivity index (χ0) is 16.7. The van der Waals surface area contributed by atoms with E-state index in [0.29, 0.717) is 6.07 Å². The standard InChI is InChI=1S/C12H7F6NO3/c1-21-10(20)8-6-3-2-5(22-12(16,17)18)4-7(6)19-9(8)11(13,14)15/h2-4,19H,1H3. The molecule has 0 radical (unpaired) electrons. The Bertz CT molecular complexity index is 716. The maximum Gasteiger partial charge on any atom is 0.573 e. The minimum Gasteiger partial charge on any atom is -0.465 e. The summed E-state index contributed by atoms with van der Waals surface area (Å²) in [4.78, 5) is 13.4. The number of fused-ring (bicyclic) bond motifs is 1. The minimum atomic E-state index is -4.99. The van der Waals surface area contributed by atoms with Crippen molar-refractivity contribution >= 4 is 16.9 Å². The topological polar surface area (TPSA) is 51.3 Å². The van der Waals surface area contributed by atoms with Crippen molar-refractivity contribution in [3.05, 3.63) is 29.5 Å². The molecule has 0 fully saturated rings. The number of alkyl halides is 6. The molecule has 0 unspecified atom stereocenters. The first-order chi connectivity index (χ1) is 10.0. The molecule has 22 heavy (non-hydrogen) atoms. The Morgan fingerprint density at radius 1 is 1.14 bits per heavy atom. The van der Waals surface area contributed by atoms with Crippen molar-refractivity contribution in [3.8, 4) is 5.75 Å². The summed E-state index contributed by atoms with van der Waals surface area (Å²) in [6.45, 7) is 0. The van der Waals surface area contributed by atoms with Crippen LogP contribution in [0.25, 0.3) is 10.9 Å². The Hall–Kier alpha value is -2.39. The minimum absolute atomic E-state index is 0.228. The van der Waals surface area contributed by atoms with Crippen molar-refractivity contribution in [1.29, 1.82) is 0 Å². The number of aromatic nitrogens is 1.